The van der Waals surface area contributed by atoms with E-state index in [1.807, 2.05) is 30.3 Å². The number of rotatable bonds is 5. The highest BCUT2D eigenvalue weighted by molar-refractivity contribution is 5.98. The lowest BCUT2D eigenvalue weighted by Crippen LogP contribution is -2.23. The van der Waals surface area contributed by atoms with Crippen LogP contribution in [0.25, 0.3) is 11.0 Å². The number of para-hydroxylation sites is 1. The molecule has 1 amide bonds. The molecule has 0 aliphatic heterocycles. The fourth-order valence-electron chi connectivity index (χ4n) is 2.46. The summed E-state index contributed by atoms with van der Waals surface area (Å²) in [5, 5.41) is 11.8. The molecule has 0 unspecified atom stereocenters. The van der Waals surface area contributed by atoms with E-state index in [-0.39, 0.29) is 17.1 Å². The van der Waals surface area contributed by atoms with E-state index in [4.69, 9.17) is 10.2 Å². The van der Waals surface area contributed by atoms with Gasteiger partial charge in [-0.1, -0.05) is 18.2 Å². The van der Waals surface area contributed by atoms with E-state index < -0.39 is 10.8 Å². The number of aromatic nitrogens is 1. The summed E-state index contributed by atoms with van der Waals surface area (Å²) in [6.45, 7) is 0.333. The molecule has 0 spiro atoms. The molecule has 2 heterocycles. The second-order valence-electron chi connectivity index (χ2n) is 5.29. The van der Waals surface area contributed by atoms with Crippen molar-refractivity contribution in [2.24, 2.45) is 5.73 Å². The number of hydrogen-bond acceptors (Lipinski definition) is 6. The Morgan fingerprint density at radius 1 is 1.38 bits per heavy atom. The number of pyridine rings is 1. The number of fused-ring (bicyclic) bond motifs is 1. The van der Waals surface area contributed by atoms with Crippen LogP contribution in [0, 0.1) is 10.1 Å². The van der Waals surface area contributed by atoms with E-state index in [1.54, 1.807) is 11.9 Å². The van der Waals surface area contributed by atoms with Crippen LogP contribution in [0.15, 0.2) is 47.0 Å². The number of nitrogens with two attached hydrogens (primary N) is 1. The molecule has 0 bridgehead atoms. The molecule has 3 rings (SSSR count). The Hall–Kier alpha value is -3.42. The van der Waals surface area contributed by atoms with Crippen LogP contribution in [0.1, 0.15) is 16.1 Å². The highest BCUT2D eigenvalue weighted by atomic mass is 16.6. The lowest BCUT2D eigenvalue weighted by Gasteiger charge is -2.18. The highest BCUT2D eigenvalue weighted by Gasteiger charge is 2.19. The fraction of sp³-hybridized carbons (Fsp3) is 0.125. The van der Waals surface area contributed by atoms with Gasteiger partial charge in [0.25, 0.3) is 11.6 Å². The number of carbonyl (C=O) groups excluding carboxylic acids is 1. The molecule has 0 radical (unpaired) electrons. The average Bonchev–Trinajstić information content (AvgIpc) is 2.96. The lowest BCUT2D eigenvalue weighted by molar-refractivity contribution is -0.385. The third-order valence-corrected chi connectivity index (χ3v) is 3.56. The van der Waals surface area contributed by atoms with Gasteiger partial charge in [0, 0.05) is 18.5 Å². The minimum Gasteiger partial charge on any atom is -0.459 e. The predicted molar refractivity (Wildman–Crippen MR) is 87.7 cm³/mol. The Bertz CT molecular complexity index is 902. The van der Waals surface area contributed by atoms with E-state index in [9.17, 15) is 14.9 Å². The van der Waals surface area contributed by atoms with E-state index >= 15 is 0 Å². The van der Waals surface area contributed by atoms with Crippen LogP contribution in [-0.2, 0) is 6.54 Å². The first kappa shape index (κ1) is 15.5. The third-order valence-electron chi connectivity index (χ3n) is 3.56. The van der Waals surface area contributed by atoms with Crippen molar-refractivity contribution in [3.05, 3.63) is 64.0 Å². The minimum absolute atomic E-state index is 0.0113. The quantitative estimate of drug-likeness (QED) is 0.569. The molecular weight excluding hydrogens is 312 g/mol. The summed E-state index contributed by atoms with van der Waals surface area (Å²) in [5.41, 5.74) is 5.78. The highest BCUT2D eigenvalue weighted by Crippen LogP contribution is 2.25. The first-order valence-electron chi connectivity index (χ1n) is 7.08. The van der Waals surface area contributed by atoms with E-state index in [2.05, 4.69) is 4.98 Å². The standard InChI is InChI=1S/C16H14N4O4/c1-19(9-12-6-10-4-2-3-5-14(10)24-12)16-13(15(17)21)7-11(8-18-16)20(22)23/h2-8H,9H2,1H3,(H2,17,21). The van der Waals surface area contributed by atoms with Gasteiger partial charge in [-0.25, -0.2) is 4.98 Å². The molecule has 0 saturated heterocycles. The van der Waals surface area contributed by atoms with Crippen LogP contribution in [0.5, 0.6) is 0 Å². The number of furan rings is 1. The average molecular weight is 326 g/mol. The zero-order chi connectivity index (χ0) is 17.3. The van der Waals surface area contributed by atoms with Crippen molar-refractivity contribution < 1.29 is 14.1 Å². The Balaban J connectivity index is 1.92. The molecule has 0 aliphatic carbocycles. The number of carbonyl (C=O) groups is 1. The zero-order valence-corrected chi connectivity index (χ0v) is 12.8. The summed E-state index contributed by atoms with van der Waals surface area (Å²) in [6, 6.07) is 10.6. The van der Waals surface area contributed by atoms with Gasteiger partial charge in [-0.05, 0) is 12.1 Å². The molecule has 0 saturated carbocycles. The van der Waals surface area contributed by atoms with Crippen molar-refractivity contribution in [3.63, 3.8) is 0 Å². The topological polar surface area (TPSA) is 116 Å². The molecule has 0 fully saturated rings. The summed E-state index contributed by atoms with van der Waals surface area (Å²) in [6.07, 6.45) is 1.09. The Morgan fingerprint density at radius 3 is 2.79 bits per heavy atom. The van der Waals surface area contributed by atoms with Crippen molar-refractivity contribution in [1.82, 2.24) is 4.98 Å². The first-order valence-corrected chi connectivity index (χ1v) is 7.08. The Morgan fingerprint density at radius 2 is 2.12 bits per heavy atom. The van der Waals surface area contributed by atoms with Crippen molar-refractivity contribution in [2.45, 2.75) is 6.54 Å². The molecule has 122 valence electrons. The summed E-state index contributed by atoms with van der Waals surface area (Å²) in [4.78, 5) is 27.5. The van der Waals surface area contributed by atoms with Gasteiger partial charge < -0.3 is 15.1 Å². The Kier molecular flexibility index (Phi) is 3.87. The van der Waals surface area contributed by atoms with Gasteiger partial charge in [-0.2, -0.15) is 0 Å². The van der Waals surface area contributed by atoms with Crippen molar-refractivity contribution in [1.29, 1.82) is 0 Å². The number of primary amides is 1. The largest absolute Gasteiger partial charge is 0.459 e. The van der Waals surface area contributed by atoms with Crippen LogP contribution < -0.4 is 10.6 Å². The number of benzene rings is 1. The smallest absolute Gasteiger partial charge is 0.288 e. The summed E-state index contributed by atoms with van der Waals surface area (Å²) < 4.78 is 5.73. The van der Waals surface area contributed by atoms with Crippen molar-refractivity contribution in [2.75, 3.05) is 11.9 Å². The van der Waals surface area contributed by atoms with Crippen LogP contribution in [-0.4, -0.2) is 22.9 Å². The van der Waals surface area contributed by atoms with Gasteiger partial charge in [0.1, 0.15) is 23.4 Å². The SMILES string of the molecule is CN(Cc1cc2ccccc2o1)c1ncc([N+](=O)[O-])cc1C(N)=O. The molecular formula is C16H14N4O4. The summed E-state index contributed by atoms with van der Waals surface area (Å²) in [7, 11) is 1.70. The third kappa shape index (κ3) is 2.89. The number of amides is 1. The maximum absolute atomic E-state index is 11.6. The minimum atomic E-state index is -0.780. The van der Waals surface area contributed by atoms with Crippen LogP contribution >= 0.6 is 0 Å². The molecule has 8 nitrogen and oxygen atoms in total. The molecule has 24 heavy (non-hydrogen) atoms. The normalized spacial score (nSPS) is 10.7. The van der Waals surface area contributed by atoms with E-state index in [0.29, 0.717) is 12.3 Å². The molecule has 8 heteroatoms. The van der Waals surface area contributed by atoms with Crippen LogP contribution in [0.3, 0.4) is 0 Å². The van der Waals surface area contributed by atoms with Gasteiger partial charge in [0.2, 0.25) is 0 Å². The zero-order valence-electron chi connectivity index (χ0n) is 12.8. The first-order chi connectivity index (χ1) is 11.5. The van der Waals surface area contributed by atoms with Crippen LogP contribution in [0.4, 0.5) is 11.5 Å². The van der Waals surface area contributed by atoms with Gasteiger partial charge >= 0.3 is 0 Å². The molecule has 0 atom stereocenters. The van der Waals surface area contributed by atoms with Gasteiger partial charge in [0.05, 0.1) is 17.0 Å². The van der Waals surface area contributed by atoms with Crippen molar-refractivity contribution in [3.8, 4) is 0 Å². The van der Waals surface area contributed by atoms with E-state index in [1.165, 1.54) is 0 Å². The molecule has 2 aromatic heterocycles. The molecule has 0 aliphatic rings. The lowest BCUT2D eigenvalue weighted by atomic mass is 10.2. The number of anilines is 1. The maximum Gasteiger partial charge on any atom is 0.288 e. The molecule has 1 aromatic carbocycles. The van der Waals surface area contributed by atoms with Gasteiger partial charge in [-0.15, -0.1) is 0 Å². The number of hydrogen-bond donors (Lipinski definition) is 1. The Labute approximate surface area is 136 Å². The van der Waals surface area contributed by atoms with E-state index in [0.717, 1.165) is 23.2 Å². The second-order valence-corrected chi connectivity index (χ2v) is 5.29. The second kappa shape index (κ2) is 5.99. The monoisotopic (exact) mass is 326 g/mol. The number of nitro groups is 1. The predicted octanol–water partition coefficient (Wildman–Crippen LogP) is 2.47. The number of nitrogens with zero attached hydrogens (tertiary/aromatic N) is 3. The molecule has 2 N–H and O–H groups in total. The van der Waals surface area contributed by atoms with Crippen LogP contribution in [0.2, 0.25) is 0 Å². The summed E-state index contributed by atoms with van der Waals surface area (Å²) >= 11 is 0. The van der Waals surface area contributed by atoms with Gasteiger partial charge in [0.15, 0.2) is 0 Å². The summed E-state index contributed by atoms with van der Waals surface area (Å²) in [5.74, 6) is 0.153. The molecule has 3 aromatic rings. The fourth-order valence-corrected chi connectivity index (χ4v) is 2.46. The van der Waals surface area contributed by atoms with Crippen molar-refractivity contribution >= 4 is 28.4 Å². The maximum atomic E-state index is 11.6. The van der Waals surface area contributed by atoms with Gasteiger partial charge in [-0.3, -0.25) is 14.9 Å².